The summed E-state index contributed by atoms with van der Waals surface area (Å²) >= 11 is 0. The van der Waals surface area contributed by atoms with E-state index in [9.17, 15) is 4.79 Å². The predicted octanol–water partition coefficient (Wildman–Crippen LogP) is 0.415. The average molecular weight is 199 g/mol. The lowest BCUT2D eigenvalue weighted by Crippen LogP contribution is -2.40. The van der Waals surface area contributed by atoms with Crippen LogP contribution in [-0.4, -0.2) is 36.7 Å². The van der Waals surface area contributed by atoms with Gasteiger partial charge in [0.1, 0.15) is 5.71 Å². The number of rotatable bonds is 2. The van der Waals surface area contributed by atoms with Crippen LogP contribution >= 0.6 is 0 Å². The highest BCUT2D eigenvalue weighted by Gasteiger charge is 2.64. The van der Waals surface area contributed by atoms with E-state index in [0.29, 0.717) is 0 Å². The van der Waals surface area contributed by atoms with Gasteiger partial charge in [0.25, 0.3) is 0 Å². The summed E-state index contributed by atoms with van der Waals surface area (Å²) in [6, 6.07) is 0. The van der Waals surface area contributed by atoms with E-state index >= 15 is 0 Å². The van der Waals surface area contributed by atoms with Gasteiger partial charge in [-0.15, -0.1) is 0 Å². The molecule has 0 aromatic carbocycles. The first-order valence-corrected chi connectivity index (χ1v) is 4.57. The first kappa shape index (κ1) is 9.61. The fraction of sp³-hybridized carbons (Fsp3) is 0.778. The molecule has 0 radical (unpaired) electrons. The first-order chi connectivity index (χ1) is 6.71. The molecular weight excluding hydrogens is 186 g/mol. The Morgan fingerprint density at radius 2 is 1.93 bits per heavy atom. The van der Waals surface area contributed by atoms with Crippen LogP contribution in [-0.2, 0) is 14.3 Å². The number of ether oxygens (including phenoxy) is 2. The summed E-state index contributed by atoms with van der Waals surface area (Å²) in [6.45, 7) is 0. The van der Waals surface area contributed by atoms with E-state index in [2.05, 4.69) is 5.16 Å². The van der Waals surface area contributed by atoms with E-state index in [0.717, 1.165) is 12.8 Å². The highest BCUT2D eigenvalue weighted by Crippen LogP contribution is 2.50. The van der Waals surface area contributed by atoms with Gasteiger partial charge in [-0.25, -0.2) is 0 Å². The molecule has 5 nitrogen and oxygen atoms in total. The maximum absolute atomic E-state index is 11.7. The highest BCUT2D eigenvalue weighted by molar-refractivity contribution is 6.44. The molecule has 0 unspecified atom stereocenters. The van der Waals surface area contributed by atoms with Crippen molar-refractivity contribution >= 4 is 11.5 Å². The van der Waals surface area contributed by atoms with Crippen LogP contribution in [0.15, 0.2) is 5.16 Å². The Balaban J connectivity index is 2.45. The largest absolute Gasteiger partial charge is 0.411 e. The van der Waals surface area contributed by atoms with E-state index in [1.54, 1.807) is 0 Å². The van der Waals surface area contributed by atoms with Crippen molar-refractivity contribution < 1.29 is 19.5 Å². The second-order valence-corrected chi connectivity index (χ2v) is 3.66. The van der Waals surface area contributed by atoms with Crippen molar-refractivity contribution in [1.29, 1.82) is 0 Å². The molecule has 0 amide bonds. The topological polar surface area (TPSA) is 68.1 Å². The van der Waals surface area contributed by atoms with Crippen molar-refractivity contribution in [2.24, 2.45) is 17.0 Å². The number of ketones is 1. The van der Waals surface area contributed by atoms with Gasteiger partial charge in [0.15, 0.2) is 11.6 Å². The Bertz CT molecular complexity index is 295. The van der Waals surface area contributed by atoms with E-state index in [4.69, 9.17) is 14.7 Å². The van der Waals surface area contributed by atoms with Crippen LogP contribution in [0.25, 0.3) is 0 Å². The van der Waals surface area contributed by atoms with Crippen LogP contribution < -0.4 is 0 Å². The lowest BCUT2D eigenvalue weighted by Gasteiger charge is -2.29. The monoisotopic (exact) mass is 199 g/mol. The molecular formula is C9H13NO4. The first-order valence-electron chi connectivity index (χ1n) is 4.57. The van der Waals surface area contributed by atoms with Crippen molar-refractivity contribution in [2.75, 3.05) is 14.2 Å². The Morgan fingerprint density at radius 3 is 2.29 bits per heavy atom. The zero-order chi connectivity index (χ0) is 10.3. The van der Waals surface area contributed by atoms with Crippen molar-refractivity contribution in [2.45, 2.75) is 18.6 Å². The molecule has 0 aliphatic heterocycles. The summed E-state index contributed by atoms with van der Waals surface area (Å²) in [4.78, 5) is 11.7. The molecule has 5 heteroatoms. The quantitative estimate of drug-likeness (QED) is 0.397. The van der Waals surface area contributed by atoms with Gasteiger partial charge >= 0.3 is 0 Å². The number of hydrogen-bond acceptors (Lipinski definition) is 5. The van der Waals surface area contributed by atoms with Gasteiger partial charge in [-0.1, -0.05) is 5.16 Å². The van der Waals surface area contributed by atoms with Crippen molar-refractivity contribution in [3.63, 3.8) is 0 Å². The molecule has 14 heavy (non-hydrogen) atoms. The summed E-state index contributed by atoms with van der Waals surface area (Å²) in [5.74, 6) is -1.57. The highest BCUT2D eigenvalue weighted by atomic mass is 16.7. The SMILES string of the molecule is COC1(OC)[C@@H]2CC[C@H]1C(=NO)C2=O. The van der Waals surface area contributed by atoms with Crippen LogP contribution in [0.2, 0.25) is 0 Å². The van der Waals surface area contributed by atoms with Gasteiger partial charge in [-0.05, 0) is 12.8 Å². The van der Waals surface area contributed by atoms with Crippen molar-refractivity contribution in [3.8, 4) is 0 Å². The molecule has 0 saturated heterocycles. The minimum absolute atomic E-state index is 0.146. The Labute approximate surface area is 81.7 Å². The molecule has 2 aliphatic rings. The lowest BCUT2D eigenvalue weighted by molar-refractivity contribution is -0.228. The minimum atomic E-state index is -0.890. The molecule has 0 spiro atoms. The molecule has 2 rings (SSSR count). The molecule has 2 atom stereocenters. The van der Waals surface area contributed by atoms with Crippen LogP contribution in [0.5, 0.6) is 0 Å². The average Bonchev–Trinajstić information content (AvgIpc) is 2.68. The Kier molecular flexibility index (Phi) is 2.08. The fourth-order valence-corrected chi connectivity index (χ4v) is 2.74. The molecule has 2 fully saturated rings. The Hall–Kier alpha value is -0.940. The molecule has 2 aliphatic carbocycles. The Morgan fingerprint density at radius 1 is 1.36 bits per heavy atom. The molecule has 2 bridgehead atoms. The zero-order valence-corrected chi connectivity index (χ0v) is 8.19. The van der Waals surface area contributed by atoms with Crippen LogP contribution in [0, 0.1) is 11.8 Å². The van der Waals surface area contributed by atoms with Crippen molar-refractivity contribution in [1.82, 2.24) is 0 Å². The van der Waals surface area contributed by atoms with Gasteiger partial charge in [0.2, 0.25) is 0 Å². The smallest absolute Gasteiger partial charge is 0.189 e. The van der Waals surface area contributed by atoms with E-state index in [-0.39, 0.29) is 23.3 Å². The third-order valence-corrected chi connectivity index (χ3v) is 3.36. The van der Waals surface area contributed by atoms with E-state index in [1.807, 2.05) is 0 Å². The van der Waals surface area contributed by atoms with Gasteiger partial charge < -0.3 is 14.7 Å². The number of nitrogens with zero attached hydrogens (tertiary/aromatic N) is 1. The zero-order valence-electron chi connectivity index (χ0n) is 8.19. The second-order valence-electron chi connectivity index (χ2n) is 3.66. The number of oxime groups is 1. The van der Waals surface area contributed by atoms with Crippen LogP contribution in [0.1, 0.15) is 12.8 Å². The third-order valence-electron chi connectivity index (χ3n) is 3.36. The second kappa shape index (κ2) is 3.03. The molecule has 0 aromatic heterocycles. The lowest BCUT2D eigenvalue weighted by atomic mass is 9.97. The van der Waals surface area contributed by atoms with Crippen LogP contribution in [0.3, 0.4) is 0 Å². The summed E-state index contributed by atoms with van der Waals surface area (Å²) in [6.07, 6.45) is 1.52. The normalized spacial score (nSPS) is 37.0. The number of hydrogen-bond donors (Lipinski definition) is 1. The van der Waals surface area contributed by atoms with Gasteiger partial charge in [-0.2, -0.15) is 0 Å². The predicted molar refractivity (Wildman–Crippen MR) is 47.2 cm³/mol. The molecule has 1 N–H and O–H groups in total. The number of methoxy groups -OCH3 is 2. The minimum Gasteiger partial charge on any atom is -0.411 e. The van der Waals surface area contributed by atoms with Gasteiger partial charge in [0, 0.05) is 14.2 Å². The maximum atomic E-state index is 11.7. The summed E-state index contributed by atoms with van der Waals surface area (Å²) < 4.78 is 10.6. The van der Waals surface area contributed by atoms with Gasteiger partial charge in [0.05, 0.1) is 11.8 Å². The van der Waals surface area contributed by atoms with E-state index in [1.165, 1.54) is 14.2 Å². The summed E-state index contributed by atoms with van der Waals surface area (Å²) in [5, 5.41) is 11.8. The molecule has 0 heterocycles. The number of Topliss-reactive ketones (excluding diaryl/α,β-unsaturated/α-hetero) is 1. The summed E-state index contributed by atoms with van der Waals surface area (Å²) in [5.41, 5.74) is 0.199. The molecule has 2 saturated carbocycles. The number of carbonyl (C=O) groups excluding carboxylic acids is 1. The van der Waals surface area contributed by atoms with E-state index < -0.39 is 5.79 Å². The standard InChI is InChI=1S/C9H13NO4/c1-13-9(14-2)5-3-4-6(9)8(11)7(5)10-12/h5-6,12H,3-4H2,1-2H3/t5-,6+/m0/s1. The fourth-order valence-electron chi connectivity index (χ4n) is 2.74. The molecule has 0 aromatic rings. The van der Waals surface area contributed by atoms with Crippen LogP contribution in [0.4, 0.5) is 0 Å². The van der Waals surface area contributed by atoms with Crippen molar-refractivity contribution in [3.05, 3.63) is 0 Å². The molecule has 78 valence electrons. The summed E-state index contributed by atoms with van der Waals surface area (Å²) in [7, 11) is 3.03. The third kappa shape index (κ3) is 0.861. The number of carbonyl (C=O) groups is 1. The maximum Gasteiger partial charge on any atom is 0.189 e. The van der Waals surface area contributed by atoms with Gasteiger partial charge in [-0.3, -0.25) is 4.79 Å². The number of fused-ring (bicyclic) bond motifs is 2.